The molecule has 108 valence electrons. The van der Waals surface area contributed by atoms with Gasteiger partial charge in [-0.2, -0.15) is 0 Å². The molecule has 0 saturated heterocycles. The first-order chi connectivity index (χ1) is 10.0. The minimum Gasteiger partial charge on any atom is -0.280 e. The molecule has 2 aromatic carbocycles. The van der Waals surface area contributed by atoms with Crippen molar-refractivity contribution in [3.63, 3.8) is 0 Å². The first-order valence-electron chi connectivity index (χ1n) is 6.61. The van der Waals surface area contributed by atoms with Gasteiger partial charge >= 0.3 is 0 Å². The monoisotopic (exact) mass is 363 g/mol. The number of anilines is 1. The van der Waals surface area contributed by atoms with E-state index in [-0.39, 0.29) is 0 Å². The molecule has 0 atom stereocenters. The highest BCUT2D eigenvalue weighted by atomic mass is 79.9. The van der Waals surface area contributed by atoms with Gasteiger partial charge in [0.15, 0.2) is 0 Å². The van der Waals surface area contributed by atoms with E-state index < -0.39 is 10.0 Å². The highest BCUT2D eigenvalue weighted by molar-refractivity contribution is 9.10. The molecule has 1 aliphatic rings. The predicted octanol–water partition coefficient (Wildman–Crippen LogP) is 4.18. The third kappa shape index (κ3) is 3.19. The minimum absolute atomic E-state index is 0.434. The molecule has 0 heterocycles. The van der Waals surface area contributed by atoms with Crippen molar-refractivity contribution in [1.29, 1.82) is 0 Å². The summed E-state index contributed by atoms with van der Waals surface area (Å²) in [6.07, 6.45) is 3.05. The Bertz CT molecular complexity index is 795. The molecule has 2 aromatic rings. The van der Waals surface area contributed by atoms with Crippen LogP contribution in [0.25, 0.3) is 6.08 Å². The Balaban J connectivity index is 1.89. The van der Waals surface area contributed by atoms with Gasteiger partial charge in [0.1, 0.15) is 0 Å². The molecule has 0 aromatic heterocycles. The van der Waals surface area contributed by atoms with Gasteiger partial charge in [-0.05, 0) is 54.3 Å². The average molecular weight is 364 g/mol. The van der Waals surface area contributed by atoms with Crippen molar-refractivity contribution in [1.82, 2.24) is 0 Å². The molecule has 0 unspecified atom stereocenters. The zero-order valence-electron chi connectivity index (χ0n) is 11.2. The summed E-state index contributed by atoms with van der Waals surface area (Å²) in [5.74, 6) is 0. The highest BCUT2D eigenvalue weighted by Gasteiger charge is 2.21. The molecule has 0 aliphatic heterocycles. The fourth-order valence-electron chi connectivity index (χ4n) is 2.36. The van der Waals surface area contributed by atoms with Crippen molar-refractivity contribution < 1.29 is 8.42 Å². The van der Waals surface area contributed by atoms with Crippen LogP contribution in [0.5, 0.6) is 0 Å². The van der Waals surface area contributed by atoms with E-state index in [9.17, 15) is 8.42 Å². The van der Waals surface area contributed by atoms with Gasteiger partial charge in [0.05, 0.1) is 4.91 Å². The molecular weight excluding hydrogens is 350 g/mol. The van der Waals surface area contributed by atoms with Gasteiger partial charge in [0.2, 0.25) is 0 Å². The maximum Gasteiger partial charge on any atom is 0.258 e. The number of aryl methyl sites for hydroxylation is 1. The van der Waals surface area contributed by atoms with Crippen molar-refractivity contribution in [3.05, 3.63) is 69.0 Å². The summed E-state index contributed by atoms with van der Waals surface area (Å²) in [6, 6.07) is 15.0. The molecule has 0 radical (unpaired) electrons. The van der Waals surface area contributed by atoms with Gasteiger partial charge in [0.25, 0.3) is 10.0 Å². The summed E-state index contributed by atoms with van der Waals surface area (Å²) in [7, 11) is -3.50. The van der Waals surface area contributed by atoms with Crippen molar-refractivity contribution >= 4 is 37.7 Å². The van der Waals surface area contributed by atoms with Crippen molar-refractivity contribution in [2.75, 3.05) is 4.72 Å². The van der Waals surface area contributed by atoms with Crippen LogP contribution in [0.2, 0.25) is 0 Å². The van der Waals surface area contributed by atoms with Crippen LogP contribution in [-0.4, -0.2) is 8.42 Å². The number of rotatable bonds is 3. The fourth-order valence-corrected chi connectivity index (χ4v) is 3.85. The second kappa shape index (κ2) is 5.66. The molecule has 1 aliphatic carbocycles. The van der Waals surface area contributed by atoms with Crippen LogP contribution >= 0.6 is 15.9 Å². The molecule has 5 heteroatoms. The van der Waals surface area contributed by atoms with Gasteiger partial charge < -0.3 is 0 Å². The van der Waals surface area contributed by atoms with Gasteiger partial charge in [-0.3, -0.25) is 4.72 Å². The van der Waals surface area contributed by atoms with Crippen LogP contribution in [0, 0.1) is 0 Å². The van der Waals surface area contributed by atoms with Gasteiger partial charge in [-0.15, -0.1) is 0 Å². The van der Waals surface area contributed by atoms with E-state index in [0.717, 1.165) is 16.5 Å². The summed E-state index contributed by atoms with van der Waals surface area (Å²) < 4.78 is 28.5. The van der Waals surface area contributed by atoms with Crippen LogP contribution in [0.4, 0.5) is 5.69 Å². The first kappa shape index (κ1) is 14.4. The lowest BCUT2D eigenvalue weighted by molar-refractivity contribution is 0.605. The quantitative estimate of drug-likeness (QED) is 0.888. The van der Waals surface area contributed by atoms with Crippen molar-refractivity contribution in [2.45, 2.75) is 12.8 Å². The third-order valence-corrected chi connectivity index (χ3v) is 5.50. The van der Waals surface area contributed by atoms with E-state index in [0.29, 0.717) is 17.0 Å². The number of nitrogens with one attached hydrogen (secondary N) is 1. The summed E-state index contributed by atoms with van der Waals surface area (Å²) in [4.78, 5) is 0.434. The van der Waals surface area contributed by atoms with E-state index in [1.54, 1.807) is 18.2 Å². The Kier molecular flexibility index (Phi) is 3.87. The van der Waals surface area contributed by atoms with E-state index in [1.807, 2.05) is 36.4 Å². The molecule has 21 heavy (non-hydrogen) atoms. The zero-order valence-corrected chi connectivity index (χ0v) is 13.6. The largest absolute Gasteiger partial charge is 0.280 e. The number of hydrogen-bond acceptors (Lipinski definition) is 2. The zero-order chi connectivity index (χ0) is 14.9. The molecule has 0 saturated carbocycles. The van der Waals surface area contributed by atoms with Crippen molar-refractivity contribution in [3.8, 4) is 0 Å². The van der Waals surface area contributed by atoms with E-state index in [1.165, 1.54) is 5.56 Å². The standard InChI is InChI=1S/C16H14BrNO2S/c17-14-6-8-15(9-7-14)18-21(19,20)16-10-5-12-3-1-2-4-13(12)11-16/h1-4,6-9,11,18H,5,10H2. The topological polar surface area (TPSA) is 46.2 Å². The van der Waals surface area contributed by atoms with Gasteiger partial charge in [0, 0.05) is 10.2 Å². The number of fused-ring (bicyclic) bond motifs is 1. The van der Waals surface area contributed by atoms with E-state index in [4.69, 9.17) is 0 Å². The fraction of sp³-hybridized carbons (Fsp3) is 0.125. The maximum atomic E-state index is 12.5. The number of benzene rings is 2. The number of sulfonamides is 1. The minimum atomic E-state index is -3.50. The molecule has 3 rings (SSSR count). The molecular formula is C16H14BrNO2S. The molecule has 0 amide bonds. The Labute approximate surface area is 132 Å². The predicted molar refractivity (Wildman–Crippen MR) is 89.4 cm³/mol. The van der Waals surface area contributed by atoms with Crippen LogP contribution in [0.1, 0.15) is 17.5 Å². The smallest absolute Gasteiger partial charge is 0.258 e. The van der Waals surface area contributed by atoms with Crippen LogP contribution in [0.15, 0.2) is 57.9 Å². The van der Waals surface area contributed by atoms with Crippen molar-refractivity contribution in [2.24, 2.45) is 0 Å². The molecule has 1 N–H and O–H groups in total. The molecule has 0 spiro atoms. The lowest BCUT2D eigenvalue weighted by Crippen LogP contribution is -2.17. The van der Waals surface area contributed by atoms with E-state index >= 15 is 0 Å². The Morgan fingerprint density at radius 2 is 1.67 bits per heavy atom. The Morgan fingerprint density at radius 3 is 2.43 bits per heavy atom. The van der Waals surface area contributed by atoms with Crippen LogP contribution in [-0.2, 0) is 16.4 Å². The number of hydrogen-bond donors (Lipinski definition) is 1. The normalized spacial score (nSPS) is 14.2. The summed E-state index contributed by atoms with van der Waals surface area (Å²) in [5.41, 5.74) is 2.75. The third-order valence-electron chi connectivity index (χ3n) is 3.45. The van der Waals surface area contributed by atoms with Gasteiger partial charge in [-0.25, -0.2) is 8.42 Å². The second-order valence-electron chi connectivity index (χ2n) is 4.92. The lowest BCUT2D eigenvalue weighted by Gasteiger charge is -2.17. The number of halogens is 1. The van der Waals surface area contributed by atoms with Gasteiger partial charge in [-0.1, -0.05) is 40.2 Å². The summed E-state index contributed by atoms with van der Waals surface area (Å²) in [6.45, 7) is 0. The Hall–Kier alpha value is -1.59. The van der Waals surface area contributed by atoms with Crippen LogP contribution < -0.4 is 4.72 Å². The first-order valence-corrected chi connectivity index (χ1v) is 8.89. The molecule has 0 bridgehead atoms. The Morgan fingerprint density at radius 1 is 0.952 bits per heavy atom. The second-order valence-corrected chi connectivity index (χ2v) is 7.57. The maximum absolute atomic E-state index is 12.5. The highest BCUT2D eigenvalue weighted by Crippen LogP contribution is 2.28. The SMILES string of the molecule is O=S(=O)(Nc1ccc(Br)cc1)C1=Cc2ccccc2CC1. The summed E-state index contributed by atoms with van der Waals surface area (Å²) in [5, 5.41) is 0. The van der Waals surface area contributed by atoms with E-state index in [2.05, 4.69) is 20.7 Å². The lowest BCUT2D eigenvalue weighted by atomic mass is 9.98. The average Bonchev–Trinajstić information content (AvgIpc) is 2.49. The molecule has 0 fully saturated rings. The molecule has 3 nitrogen and oxygen atoms in total. The summed E-state index contributed by atoms with van der Waals surface area (Å²) >= 11 is 3.33. The van der Waals surface area contributed by atoms with Crippen LogP contribution in [0.3, 0.4) is 0 Å². The number of allylic oxidation sites excluding steroid dienone is 1.